The fraction of sp³-hybridized carbons (Fsp3) is 1.00. The molecule has 0 aliphatic heterocycles. The number of hydrogen-bond donors (Lipinski definition) is 2. The van der Waals surface area contributed by atoms with Gasteiger partial charge in [0.25, 0.3) is 0 Å². The van der Waals surface area contributed by atoms with Crippen molar-refractivity contribution < 1.29 is 0 Å². The first-order chi connectivity index (χ1) is 2.56. The van der Waals surface area contributed by atoms with Gasteiger partial charge in [-0.05, 0) is 13.8 Å². The van der Waals surface area contributed by atoms with E-state index in [9.17, 15) is 0 Å². The fourth-order valence-electron chi connectivity index (χ4n) is 0. The van der Waals surface area contributed by atoms with E-state index in [0.717, 1.165) is 0 Å². The smallest absolute Gasteiger partial charge is 0.123 e. The first kappa shape index (κ1) is 5.56. The number of rotatable bonds is 1. The van der Waals surface area contributed by atoms with Gasteiger partial charge in [-0.15, -0.1) is 0 Å². The van der Waals surface area contributed by atoms with E-state index in [1.54, 1.807) is 13.8 Å². The van der Waals surface area contributed by atoms with Crippen LogP contribution in [-0.2, 0) is 0 Å². The summed E-state index contributed by atoms with van der Waals surface area (Å²) in [7, 11) is 0. The van der Waals surface area contributed by atoms with Crippen molar-refractivity contribution in [2.45, 2.75) is 19.5 Å². The number of hydrogen-bond acceptors (Lipinski definition) is 3. The zero-order valence-electron chi connectivity index (χ0n) is 4.02. The Kier molecular flexibility index (Phi) is 1.24. The van der Waals surface area contributed by atoms with Crippen molar-refractivity contribution in [2.24, 2.45) is 10.8 Å². The largest absolute Gasteiger partial charge is 0.306 e. The van der Waals surface area contributed by atoms with E-state index in [4.69, 9.17) is 11.3 Å². The third-order valence-electron chi connectivity index (χ3n) is 0.288. The molecule has 0 aromatic rings. The quantitative estimate of drug-likeness (QED) is 0.454. The van der Waals surface area contributed by atoms with Gasteiger partial charge < -0.3 is 5.73 Å². The molecule has 0 aromatic heterocycles. The van der Waals surface area contributed by atoms with Crippen LogP contribution in [0.1, 0.15) is 13.8 Å². The molecule has 3 heteroatoms. The van der Waals surface area contributed by atoms with Crippen LogP contribution in [0.15, 0.2) is 5.11 Å². The molecule has 0 fully saturated rings. The molecule has 0 aliphatic carbocycles. The van der Waals surface area contributed by atoms with Crippen molar-refractivity contribution in [1.82, 2.24) is 0 Å². The van der Waals surface area contributed by atoms with Crippen LogP contribution in [0, 0.1) is 5.53 Å². The van der Waals surface area contributed by atoms with Gasteiger partial charge in [0.15, 0.2) is 0 Å². The molecular weight excluding hydrogens is 78.1 g/mol. The normalized spacial score (nSPS) is 11.2. The summed E-state index contributed by atoms with van der Waals surface area (Å²) in [5.41, 5.74) is 10.9. The SMILES string of the molecule is CC(C)(N)N=N. The second-order valence-electron chi connectivity index (χ2n) is 1.77. The van der Waals surface area contributed by atoms with Gasteiger partial charge in [0, 0.05) is 0 Å². The Hall–Kier alpha value is -0.440. The molecule has 6 heavy (non-hydrogen) atoms. The average molecular weight is 87.1 g/mol. The fourth-order valence-corrected chi connectivity index (χ4v) is 0. The minimum Gasteiger partial charge on any atom is -0.306 e. The Bertz CT molecular complexity index is 51.5. The molecule has 0 saturated heterocycles. The lowest BCUT2D eigenvalue weighted by atomic mass is 10.3. The molecule has 0 radical (unpaired) electrons. The minimum absolute atomic E-state index is 0.667. The highest BCUT2D eigenvalue weighted by molar-refractivity contribution is 4.61. The minimum atomic E-state index is -0.667. The van der Waals surface area contributed by atoms with E-state index in [1.807, 2.05) is 0 Å². The second kappa shape index (κ2) is 1.34. The van der Waals surface area contributed by atoms with Gasteiger partial charge in [0.1, 0.15) is 5.66 Å². The Morgan fingerprint density at radius 1 is 1.67 bits per heavy atom. The Morgan fingerprint density at radius 3 is 1.83 bits per heavy atom. The maximum atomic E-state index is 6.35. The van der Waals surface area contributed by atoms with E-state index in [2.05, 4.69) is 5.11 Å². The zero-order chi connectivity index (χ0) is 5.21. The van der Waals surface area contributed by atoms with Crippen LogP contribution in [0.25, 0.3) is 0 Å². The van der Waals surface area contributed by atoms with E-state index < -0.39 is 5.66 Å². The predicted octanol–water partition coefficient (Wildman–Crippen LogP) is 0.712. The Morgan fingerprint density at radius 2 is 1.83 bits per heavy atom. The molecule has 0 atom stereocenters. The molecule has 0 rings (SSSR count). The summed E-state index contributed by atoms with van der Waals surface area (Å²) in [6.45, 7) is 3.33. The Labute approximate surface area is 37.0 Å². The summed E-state index contributed by atoms with van der Waals surface area (Å²) in [6.07, 6.45) is 0. The zero-order valence-corrected chi connectivity index (χ0v) is 4.02. The summed E-state index contributed by atoms with van der Waals surface area (Å²) in [5.74, 6) is 0. The summed E-state index contributed by atoms with van der Waals surface area (Å²) in [4.78, 5) is 0. The Balaban J connectivity index is 3.45. The van der Waals surface area contributed by atoms with Crippen molar-refractivity contribution in [1.29, 1.82) is 5.53 Å². The van der Waals surface area contributed by atoms with Crippen molar-refractivity contribution >= 4 is 0 Å². The van der Waals surface area contributed by atoms with Crippen LogP contribution in [0.5, 0.6) is 0 Å². The lowest BCUT2D eigenvalue weighted by molar-refractivity contribution is 0.506. The van der Waals surface area contributed by atoms with Crippen LogP contribution < -0.4 is 5.73 Å². The van der Waals surface area contributed by atoms with Crippen LogP contribution >= 0.6 is 0 Å². The second-order valence-corrected chi connectivity index (χ2v) is 1.77. The van der Waals surface area contributed by atoms with Gasteiger partial charge in [0.2, 0.25) is 0 Å². The van der Waals surface area contributed by atoms with Crippen LogP contribution in [0.4, 0.5) is 0 Å². The first-order valence-electron chi connectivity index (χ1n) is 1.74. The molecule has 0 bridgehead atoms. The van der Waals surface area contributed by atoms with Crippen molar-refractivity contribution in [3.05, 3.63) is 0 Å². The molecule has 0 unspecified atom stereocenters. The maximum Gasteiger partial charge on any atom is 0.123 e. The average Bonchev–Trinajstić information content (AvgIpc) is 1.35. The standard InChI is InChI=1S/C3H9N3/c1-3(2,4)6-5/h5H,4H2,1-2H3. The number of nitrogens with zero attached hydrogens (tertiary/aromatic N) is 1. The molecule has 0 saturated carbocycles. The maximum absolute atomic E-state index is 6.35. The topological polar surface area (TPSA) is 62.2 Å². The predicted molar refractivity (Wildman–Crippen MR) is 23.4 cm³/mol. The summed E-state index contributed by atoms with van der Waals surface area (Å²) < 4.78 is 0. The van der Waals surface area contributed by atoms with E-state index in [1.165, 1.54) is 0 Å². The molecule has 0 heterocycles. The number of nitrogens with one attached hydrogen (secondary N) is 1. The lowest BCUT2D eigenvalue weighted by Gasteiger charge is -2.05. The molecule has 0 aliphatic rings. The lowest BCUT2D eigenvalue weighted by Crippen LogP contribution is -2.27. The van der Waals surface area contributed by atoms with Gasteiger partial charge in [-0.25, -0.2) is 5.53 Å². The monoisotopic (exact) mass is 87.1 g/mol. The number of nitrogens with two attached hydrogens (primary N) is 1. The van der Waals surface area contributed by atoms with Crippen LogP contribution in [0.2, 0.25) is 0 Å². The highest BCUT2D eigenvalue weighted by Crippen LogP contribution is 1.93. The highest BCUT2D eigenvalue weighted by Gasteiger charge is 2.03. The third-order valence-corrected chi connectivity index (χ3v) is 0.288. The summed E-state index contributed by atoms with van der Waals surface area (Å²) in [6, 6.07) is 0. The molecule has 3 nitrogen and oxygen atoms in total. The summed E-state index contributed by atoms with van der Waals surface area (Å²) >= 11 is 0. The molecular formula is C3H9N3. The molecule has 0 amide bonds. The van der Waals surface area contributed by atoms with Crippen LogP contribution in [0.3, 0.4) is 0 Å². The molecule has 0 aromatic carbocycles. The molecule has 3 N–H and O–H groups in total. The van der Waals surface area contributed by atoms with E-state index in [-0.39, 0.29) is 0 Å². The van der Waals surface area contributed by atoms with Gasteiger partial charge in [0.05, 0.1) is 0 Å². The highest BCUT2D eigenvalue weighted by atomic mass is 15.1. The van der Waals surface area contributed by atoms with Crippen LogP contribution in [-0.4, -0.2) is 5.66 Å². The van der Waals surface area contributed by atoms with Crippen molar-refractivity contribution in [3.8, 4) is 0 Å². The van der Waals surface area contributed by atoms with Crippen molar-refractivity contribution in [2.75, 3.05) is 0 Å². The summed E-state index contributed by atoms with van der Waals surface area (Å²) in [5, 5.41) is 3.05. The van der Waals surface area contributed by atoms with E-state index in [0.29, 0.717) is 0 Å². The van der Waals surface area contributed by atoms with Gasteiger partial charge in [-0.2, -0.15) is 5.11 Å². The van der Waals surface area contributed by atoms with Crippen molar-refractivity contribution in [3.63, 3.8) is 0 Å². The molecule has 0 spiro atoms. The van der Waals surface area contributed by atoms with Gasteiger partial charge >= 0.3 is 0 Å². The first-order valence-corrected chi connectivity index (χ1v) is 1.74. The third kappa shape index (κ3) is 3.56. The molecule has 36 valence electrons. The van der Waals surface area contributed by atoms with E-state index >= 15 is 0 Å². The van der Waals surface area contributed by atoms with Gasteiger partial charge in [-0.1, -0.05) is 0 Å². The van der Waals surface area contributed by atoms with Gasteiger partial charge in [-0.3, -0.25) is 0 Å².